The molecule has 0 aliphatic carbocycles. The molecule has 0 aromatic rings. The van der Waals surface area contributed by atoms with E-state index in [1.165, 1.54) is 0 Å². The number of hydrogen-bond donors (Lipinski definition) is 0. The Bertz CT molecular complexity index is 113. The second kappa shape index (κ2) is 3.97. The molecule has 0 fully saturated rings. The van der Waals surface area contributed by atoms with Crippen molar-refractivity contribution in [2.24, 2.45) is 5.41 Å². The Morgan fingerprint density at radius 3 is 2.20 bits per heavy atom. The van der Waals surface area contributed by atoms with Gasteiger partial charge in [0, 0.05) is 6.42 Å². The lowest BCUT2D eigenvalue weighted by molar-refractivity contribution is -0.111. The monoisotopic (exact) mass is 162 g/mol. The third kappa shape index (κ3) is 7.96. The van der Waals surface area contributed by atoms with Crippen molar-refractivity contribution in [3.63, 3.8) is 0 Å². The van der Waals surface area contributed by atoms with Crippen molar-refractivity contribution < 1.29 is 4.79 Å². The summed E-state index contributed by atoms with van der Waals surface area (Å²) in [5.41, 5.74) is 0.326. The summed E-state index contributed by atoms with van der Waals surface area (Å²) in [4.78, 5) is 10.3. The largest absolute Gasteiger partial charge is 0.281 e. The number of halogens is 1. The molecule has 10 heavy (non-hydrogen) atoms. The fourth-order valence-corrected chi connectivity index (χ4v) is 0.891. The zero-order valence-electron chi connectivity index (χ0n) is 6.91. The lowest BCUT2D eigenvalue weighted by atomic mass is 9.90. The van der Waals surface area contributed by atoms with E-state index in [1.807, 2.05) is 0 Å². The van der Waals surface area contributed by atoms with Gasteiger partial charge in [0.1, 0.15) is 0 Å². The highest BCUT2D eigenvalue weighted by Gasteiger charge is 2.09. The van der Waals surface area contributed by atoms with Crippen LogP contribution in [0.15, 0.2) is 0 Å². The predicted octanol–water partition coefficient (Wildman–Crippen LogP) is 2.97. The minimum Gasteiger partial charge on any atom is -0.281 e. The van der Waals surface area contributed by atoms with E-state index in [2.05, 4.69) is 20.8 Å². The average Bonchev–Trinajstić information content (AvgIpc) is 1.59. The molecule has 2 heteroatoms. The van der Waals surface area contributed by atoms with Crippen LogP contribution in [0.4, 0.5) is 0 Å². The third-order valence-corrected chi connectivity index (χ3v) is 1.49. The molecule has 0 spiro atoms. The number of carbonyl (C=O) groups excluding carboxylic acids is 1. The summed E-state index contributed by atoms with van der Waals surface area (Å²) in [7, 11) is 0. The van der Waals surface area contributed by atoms with Crippen LogP contribution in [0.25, 0.3) is 0 Å². The molecule has 0 aliphatic heterocycles. The van der Waals surface area contributed by atoms with Gasteiger partial charge in [-0.05, 0) is 29.9 Å². The molecule has 0 atom stereocenters. The first-order valence-electron chi connectivity index (χ1n) is 3.60. The summed E-state index contributed by atoms with van der Waals surface area (Å²) in [6.45, 7) is 6.48. The standard InChI is InChI=1S/C8H15ClO/c1-8(2,3)6-4-5-7(9)10/h4-6H2,1-3H3. The van der Waals surface area contributed by atoms with Gasteiger partial charge in [-0.1, -0.05) is 20.8 Å². The van der Waals surface area contributed by atoms with Crippen molar-refractivity contribution in [3.05, 3.63) is 0 Å². The normalized spacial score (nSPS) is 11.6. The molecular weight excluding hydrogens is 148 g/mol. The summed E-state index contributed by atoms with van der Waals surface area (Å²) >= 11 is 5.17. The molecule has 0 aliphatic rings. The summed E-state index contributed by atoms with van der Waals surface area (Å²) in [6.07, 6.45) is 2.48. The quantitative estimate of drug-likeness (QED) is 0.584. The number of carbonyl (C=O) groups is 1. The van der Waals surface area contributed by atoms with Gasteiger partial charge in [0.05, 0.1) is 0 Å². The Morgan fingerprint density at radius 2 is 1.90 bits per heavy atom. The van der Waals surface area contributed by atoms with E-state index in [1.54, 1.807) is 0 Å². The fourth-order valence-electron chi connectivity index (χ4n) is 0.758. The van der Waals surface area contributed by atoms with Crippen molar-refractivity contribution in [2.45, 2.75) is 40.0 Å². The van der Waals surface area contributed by atoms with Gasteiger partial charge in [0.2, 0.25) is 5.24 Å². The van der Waals surface area contributed by atoms with Crippen molar-refractivity contribution in [3.8, 4) is 0 Å². The molecule has 0 rings (SSSR count). The Kier molecular flexibility index (Phi) is 3.95. The summed E-state index contributed by atoms with van der Waals surface area (Å²) < 4.78 is 0. The van der Waals surface area contributed by atoms with Gasteiger partial charge in [-0.25, -0.2) is 0 Å². The molecule has 0 aromatic carbocycles. The maximum atomic E-state index is 10.3. The lowest BCUT2D eigenvalue weighted by Crippen LogP contribution is -2.04. The van der Waals surface area contributed by atoms with Gasteiger partial charge in [0.25, 0.3) is 0 Å². The molecule has 0 bridgehead atoms. The van der Waals surface area contributed by atoms with Crippen molar-refractivity contribution in [1.29, 1.82) is 0 Å². The SMILES string of the molecule is CC(C)(C)CCCC(=O)Cl. The van der Waals surface area contributed by atoms with Gasteiger partial charge in [-0.15, -0.1) is 0 Å². The molecule has 0 saturated heterocycles. The zero-order valence-corrected chi connectivity index (χ0v) is 7.66. The minimum absolute atomic E-state index is 0.218. The summed E-state index contributed by atoms with van der Waals surface area (Å²) in [5, 5.41) is -0.218. The highest BCUT2D eigenvalue weighted by atomic mass is 35.5. The van der Waals surface area contributed by atoms with E-state index in [0.29, 0.717) is 11.8 Å². The van der Waals surface area contributed by atoms with Crippen LogP contribution in [-0.2, 0) is 4.79 Å². The molecule has 1 nitrogen and oxygen atoms in total. The van der Waals surface area contributed by atoms with E-state index >= 15 is 0 Å². The third-order valence-electron chi connectivity index (χ3n) is 1.30. The van der Waals surface area contributed by atoms with Crippen LogP contribution < -0.4 is 0 Å². The Hall–Kier alpha value is -0.0400. The first-order chi connectivity index (χ1) is 4.42. The highest BCUT2D eigenvalue weighted by Crippen LogP contribution is 2.21. The molecule has 0 saturated carbocycles. The maximum absolute atomic E-state index is 10.3. The van der Waals surface area contributed by atoms with E-state index in [4.69, 9.17) is 11.6 Å². The van der Waals surface area contributed by atoms with Crippen LogP contribution in [0.2, 0.25) is 0 Å². The van der Waals surface area contributed by atoms with E-state index in [9.17, 15) is 4.79 Å². The van der Waals surface area contributed by atoms with Gasteiger partial charge >= 0.3 is 0 Å². The van der Waals surface area contributed by atoms with Gasteiger partial charge in [-0.2, -0.15) is 0 Å². The van der Waals surface area contributed by atoms with Crippen molar-refractivity contribution in [2.75, 3.05) is 0 Å². The first-order valence-corrected chi connectivity index (χ1v) is 3.98. The predicted molar refractivity (Wildman–Crippen MR) is 44.2 cm³/mol. The molecule has 0 heterocycles. The van der Waals surface area contributed by atoms with E-state index < -0.39 is 0 Å². The van der Waals surface area contributed by atoms with Crippen LogP contribution in [0.5, 0.6) is 0 Å². The zero-order chi connectivity index (χ0) is 8.20. The van der Waals surface area contributed by atoms with Crippen LogP contribution >= 0.6 is 11.6 Å². The number of hydrogen-bond acceptors (Lipinski definition) is 1. The molecule has 60 valence electrons. The fraction of sp³-hybridized carbons (Fsp3) is 0.875. The summed E-state index contributed by atoms with van der Waals surface area (Å²) in [5.74, 6) is 0. The maximum Gasteiger partial charge on any atom is 0.221 e. The van der Waals surface area contributed by atoms with Gasteiger partial charge in [-0.3, -0.25) is 4.79 Å². The summed E-state index contributed by atoms with van der Waals surface area (Å²) in [6, 6.07) is 0. The molecule has 0 unspecified atom stereocenters. The molecule has 0 amide bonds. The smallest absolute Gasteiger partial charge is 0.221 e. The van der Waals surface area contributed by atoms with Gasteiger partial charge in [0.15, 0.2) is 0 Å². The van der Waals surface area contributed by atoms with Crippen LogP contribution in [0.1, 0.15) is 40.0 Å². The molecular formula is C8H15ClO. The van der Waals surface area contributed by atoms with Gasteiger partial charge < -0.3 is 0 Å². The first kappa shape index (κ1) is 9.96. The molecule has 0 aromatic heterocycles. The topological polar surface area (TPSA) is 17.1 Å². The highest BCUT2D eigenvalue weighted by molar-refractivity contribution is 6.63. The minimum atomic E-state index is -0.218. The number of rotatable bonds is 3. The Balaban J connectivity index is 3.29. The molecule has 0 N–H and O–H groups in total. The van der Waals surface area contributed by atoms with Crippen LogP contribution in [0.3, 0.4) is 0 Å². The van der Waals surface area contributed by atoms with E-state index in [-0.39, 0.29) is 5.24 Å². The van der Waals surface area contributed by atoms with E-state index in [0.717, 1.165) is 12.8 Å². The van der Waals surface area contributed by atoms with Crippen molar-refractivity contribution >= 4 is 16.8 Å². The second-order valence-corrected chi connectivity index (χ2v) is 4.19. The Labute approximate surface area is 67.8 Å². The average molecular weight is 163 g/mol. The lowest BCUT2D eigenvalue weighted by Gasteiger charge is -2.16. The Morgan fingerprint density at radius 1 is 1.40 bits per heavy atom. The van der Waals surface area contributed by atoms with Crippen molar-refractivity contribution in [1.82, 2.24) is 0 Å². The van der Waals surface area contributed by atoms with Crippen LogP contribution in [0, 0.1) is 5.41 Å². The second-order valence-electron chi connectivity index (χ2n) is 3.77. The molecule has 0 radical (unpaired) electrons. The van der Waals surface area contributed by atoms with Crippen LogP contribution in [-0.4, -0.2) is 5.24 Å².